The minimum absolute atomic E-state index is 0.119. The van der Waals surface area contributed by atoms with E-state index in [-0.39, 0.29) is 5.66 Å². The lowest BCUT2D eigenvalue weighted by molar-refractivity contribution is -0.0333. The Hall–Kier alpha value is -3.15. The SMILES string of the molecule is COc1ccc(CN2C(c3ccc4cc[nH]c4c3)=NN[C@@]23CC2CCC3CC2)c(OC)c1. The van der Waals surface area contributed by atoms with E-state index in [0.717, 1.165) is 52.9 Å². The van der Waals surface area contributed by atoms with E-state index < -0.39 is 0 Å². The lowest BCUT2D eigenvalue weighted by Gasteiger charge is -2.54. The van der Waals surface area contributed by atoms with Gasteiger partial charge in [0.1, 0.15) is 17.2 Å². The number of hydrazone groups is 1. The summed E-state index contributed by atoms with van der Waals surface area (Å²) in [5.41, 5.74) is 6.96. The highest BCUT2D eigenvalue weighted by atomic mass is 16.5. The van der Waals surface area contributed by atoms with Crippen molar-refractivity contribution in [1.82, 2.24) is 15.3 Å². The predicted molar refractivity (Wildman–Crippen MR) is 126 cm³/mol. The van der Waals surface area contributed by atoms with Gasteiger partial charge in [0, 0.05) is 34.8 Å². The molecule has 0 saturated heterocycles. The van der Waals surface area contributed by atoms with Gasteiger partial charge in [0.25, 0.3) is 0 Å². The molecule has 1 atom stereocenters. The largest absolute Gasteiger partial charge is 0.497 e. The van der Waals surface area contributed by atoms with Crippen molar-refractivity contribution in [3.8, 4) is 11.5 Å². The summed E-state index contributed by atoms with van der Waals surface area (Å²) in [4.78, 5) is 5.87. The third-order valence-corrected chi connectivity index (χ3v) is 7.85. The molecule has 32 heavy (non-hydrogen) atoms. The molecule has 3 aromatic rings. The van der Waals surface area contributed by atoms with Crippen LogP contribution in [0.4, 0.5) is 0 Å². The van der Waals surface area contributed by atoms with Gasteiger partial charge in [-0.1, -0.05) is 12.1 Å². The van der Waals surface area contributed by atoms with E-state index >= 15 is 0 Å². The first kappa shape index (κ1) is 19.5. The molecule has 6 nitrogen and oxygen atoms in total. The van der Waals surface area contributed by atoms with Crippen molar-refractivity contribution in [2.45, 2.75) is 44.3 Å². The number of methoxy groups -OCH3 is 2. The molecule has 1 aromatic heterocycles. The summed E-state index contributed by atoms with van der Waals surface area (Å²) in [7, 11) is 3.42. The fraction of sp³-hybridized carbons (Fsp3) is 0.423. The minimum atomic E-state index is -0.119. The highest BCUT2D eigenvalue weighted by Gasteiger charge is 2.54. The molecule has 0 unspecified atom stereocenters. The molecule has 0 amide bonds. The maximum Gasteiger partial charge on any atom is 0.158 e. The average Bonchev–Trinajstić information content (AvgIpc) is 3.45. The Morgan fingerprint density at radius 3 is 2.66 bits per heavy atom. The van der Waals surface area contributed by atoms with Crippen molar-refractivity contribution in [3.05, 3.63) is 59.8 Å². The van der Waals surface area contributed by atoms with Gasteiger partial charge in [0.2, 0.25) is 0 Å². The molecule has 2 aromatic carbocycles. The maximum absolute atomic E-state index is 5.75. The molecule has 2 heterocycles. The standard InChI is InChI=1S/C26H30N4O2/c1-31-22-10-7-20(24(14-22)32-2)16-30-25(19-6-5-18-11-12-27-23(18)13-19)28-29-26(30)15-17-3-8-21(26)9-4-17/h5-7,10-14,17,21,27,29H,3-4,8-9,15-16H2,1-2H3/t17?,21?,26-/m0/s1. The van der Waals surface area contributed by atoms with Crippen molar-refractivity contribution < 1.29 is 9.47 Å². The van der Waals surface area contributed by atoms with Gasteiger partial charge in [0.15, 0.2) is 5.84 Å². The molecule has 1 aliphatic heterocycles. The van der Waals surface area contributed by atoms with Crippen molar-refractivity contribution in [2.75, 3.05) is 14.2 Å². The van der Waals surface area contributed by atoms with Crippen LogP contribution in [0.3, 0.4) is 0 Å². The van der Waals surface area contributed by atoms with Gasteiger partial charge in [-0.05, 0) is 67.7 Å². The molecule has 166 valence electrons. The first-order valence-electron chi connectivity index (χ1n) is 11.6. The smallest absolute Gasteiger partial charge is 0.158 e. The zero-order valence-corrected chi connectivity index (χ0v) is 18.7. The second kappa shape index (κ2) is 7.47. The zero-order chi connectivity index (χ0) is 21.7. The fourth-order valence-corrected chi connectivity index (χ4v) is 6.15. The van der Waals surface area contributed by atoms with E-state index in [0.29, 0.717) is 5.92 Å². The Balaban J connectivity index is 1.42. The molecule has 7 rings (SSSR count). The second-order valence-corrected chi connectivity index (χ2v) is 9.44. The summed E-state index contributed by atoms with van der Waals surface area (Å²) >= 11 is 0. The van der Waals surface area contributed by atoms with Crippen LogP contribution in [0.5, 0.6) is 11.5 Å². The average molecular weight is 431 g/mol. The molecule has 6 heteroatoms. The Bertz CT molecular complexity index is 1180. The number of hydrogen-bond acceptors (Lipinski definition) is 5. The third kappa shape index (κ3) is 2.96. The van der Waals surface area contributed by atoms with E-state index in [4.69, 9.17) is 14.6 Å². The summed E-state index contributed by atoms with van der Waals surface area (Å²) in [6, 6.07) is 14.8. The number of amidine groups is 1. The van der Waals surface area contributed by atoms with Gasteiger partial charge in [-0.25, -0.2) is 0 Å². The highest BCUT2D eigenvalue weighted by molar-refractivity contribution is 6.02. The number of nitrogens with zero attached hydrogens (tertiary/aromatic N) is 2. The summed E-state index contributed by atoms with van der Waals surface area (Å²) in [5, 5.41) is 6.19. The zero-order valence-electron chi connectivity index (χ0n) is 18.7. The number of H-pyrrole nitrogens is 1. The van der Waals surface area contributed by atoms with Gasteiger partial charge in [-0.3, -0.25) is 5.43 Å². The first-order valence-corrected chi connectivity index (χ1v) is 11.6. The topological polar surface area (TPSA) is 61.9 Å². The molecule has 2 N–H and O–H groups in total. The Labute approximate surface area is 188 Å². The third-order valence-electron chi connectivity index (χ3n) is 7.85. The monoisotopic (exact) mass is 430 g/mol. The van der Waals surface area contributed by atoms with Gasteiger partial charge in [-0.2, -0.15) is 5.10 Å². The summed E-state index contributed by atoms with van der Waals surface area (Å²) in [6.07, 6.45) is 8.37. The maximum atomic E-state index is 5.75. The Kier molecular flexibility index (Phi) is 4.56. The van der Waals surface area contributed by atoms with E-state index in [1.165, 1.54) is 31.1 Å². The summed E-state index contributed by atoms with van der Waals surface area (Å²) in [6.45, 7) is 0.741. The van der Waals surface area contributed by atoms with Gasteiger partial charge in [0.05, 0.1) is 20.8 Å². The van der Waals surface area contributed by atoms with Crippen LogP contribution in [0, 0.1) is 11.8 Å². The highest BCUT2D eigenvalue weighted by Crippen LogP contribution is 2.51. The number of benzene rings is 2. The van der Waals surface area contributed by atoms with Crippen molar-refractivity contribution >= 4 is 16.7 Å². The molecule has 3 saturated carbocycles. The van der Waals surface area contributed by atoms with E-state index in [1.54, 1.807) is 14.2 Å². The number of nitrogens with one attached hydrogen (secondary N) is 2. The molecule has 3 fully saturated rings. The van der Waals surface area contributed by atoms with Crippen molar-refractivity contribution in [3.63, 3.8) is 0 Å². The van der Waals surface area contributed by atoms with Crippen LogP contribution < -0.4 is 14.9 Å². The number of aromatic amines is 1. The van der Waals surface area contributed by atoms with Crippen LogP contribution in [0.25, 0.3) is 10.9 Å². The van der Waals surface area contributed by atoms with Gasteiger partial charge in [-0.15, -0.1) is 0 Å². The summed E-state index contributed by atoms with van der Waals surface area (Å²) in [5.74, 6) is 4.06. The van der Waals surface area contributed by atoms with Gasteiger partial charge >= 0.3 is 0 Å². The Morgan fingerprint density at radius 2 is 1.91 bits per heavy atom. The molecule has 2 bridgehead atoms. The molecule has 3 aliphatic carbocycles. The molecule has 1 spiro atoms. The van der Waals surface area contributed by atoms with E-state index in [9.17, 15) is 0 Å². The van der Waals surface area contributed by atoms with Crippen molar-refractivity contribution in [2.24, 2.45) is 16.9 Å². The van der Waals surface area contributed by atoms with Crippen LogP contribution >= 0.6 is 0 Å². The van der Waals surface area contributed by atoms with Crippen LogP contribution in [0.1, 0.15) is 43.2 Å². The van der Waals surface area contributed by atoms with E-state index in [1.807, 2.05) is 18.3 Å². The van der Waals surface area contributed by atoms with Gasteiger partial charge < -0.3 is 19.4 Å². The van der Waals surface area contributed by atoms with Crippen molar-refractivity contribution in [1.29, 1.82) is 0 Å². The van der Waals surface area contributed by atoms with E-state index in [2.05, 4.69) is 45.6 Å². The number of rotatable bonds is 5. The Morgan fingerprint density at radius 1 is 1.03 bits per heavy atom. The molecular formula is C26H30N4O2. The van der Waals surface area contributed by atoms with Crippen LogP contribution in [0.15, 0.2) is 53.8 Å². The summed E-state index contributed by atoms with van der Waals surface area (Å²) < 4.78 is 11.2. The second-order valence-electron chi connectivity index (χ2n) is 9.44. The number of hydrogen-bond donors (Lipinski definition) is 2. The molecular weight excluding hydrogens is 400 g/mol. The predicted octanol–water partition coefficient (Wildman–Crippen LogP) is 4.86. The minimum Gasteiger partial charge on any atom is -0.497 e. The van der Waals surface area contributed by atoms with Crippen LogP contribution in [0.2, 0.25) is 0 Å². The normalized spacial score (nSPS) is 26.4. The lowest BCUT2D eigenvalue weighted by Crippen LogP contribution is -2.63. The molecule has 4 aliphatic rings. The fourth-order valence-electron chi connectivity index (χ4n) is 6.15. The number of fused-ring (bicyclic) bond motifs is 3. The first-order chi connectivity index (χ1) is 15.7. The van der Waals surface area contributed by atoms with Crippen LogP contribution in [-0.4, -0.2) is 35.6 Å². The molecule has 0 radical (unpaired) electrons. The number of aromatic nitrogens is 1. The van der Waals surface area contributed by atoms with Crippen LogP contribution in [-0.2, 0) is 6.54 Å². The quantitative estimate of drug-likeness (QED) is 0.607. The lowest BCUT2D eigenvalue weighted by atomic mass is 9.63. The number of ether oxygens (including phenoxy) is 2.